The number of carbonyl (C=O) groups excluding carboxylic acids is 2. The maximum absolute atomic E-state index is 13.7. The topological polar surface area (TPSA) is 122 Å². The van der Waals surface area contributed by atoms with Crippen molar-refractivity contribution in [1.82, 2.24) is 18.9 Å². The van der Waals surface area contributed by atoms with Gasteiger partial charge in [-0.2, -0.15) is 0 Å². The van der Waals surface area contributed by atoms with Crippen LogP contribution >= 0.6 is 0 Å². The summed E-state index contributed by atoms with van der Waals surface area (Å²) in [6.07, 6.45) is 3.80. The molecule has 0 unspecified atom stereocenters. The largest absolute Gasteiger partial charge is 0.497 e. The Morgan fingerprint density at radius 3 is 2.35 bits per heavy atom. The van der Waals surface area contributed by atoms with Crippen LogP contribution in [0.25, 0.3) is 11.1 Å². The first kappa shape index (κ1) is 32.8. The predicted octanol–water partition coefficient (Wildman–Crippen LogP) is 2.53. The second-order valence-corrected chi connectivity index (χ2v) is 11.7. The SMILES string of the molecule is COC[C@@H](C)n1c(=O)c(-c2cccc(OC)c2OC)cn(CC(=O)N2CCC(N3CCc4cc(OC)ccc4CC3=O)CC2)c1=O. The first-order valence-corrected chi connectivity index (χ1v) is 15.5. The van der Waals surface area contributed by atoms with E-state index in [9.17, 15) is 19.2 Å². The number of aromatic nitrogens is 2. The van der Waals surface area contributed by atoms with Gasteiger partial charge in [0.05, 0.1) is 46.0 Å². The van der Waals surface area contributed by atoms with Crippen LogP contribution in [0.2, 0.25) is 0 Å². The number of rotatable bonds is 10. The fraction of sp³-hybridized carbons (Fsp3) is 0.471. The molecule has 1 fully saturated rings. The number of hydrogen-bond donors (Lipinski definition) is 0. The average molecular weight is 635 g/mol. The zero-order valence-corrected chi connectivity index (χ0v) is 27.1. The van der Waals surface area contributed by atoms with Gasteiger partial charge in [-0.3, -0.25) is 23.5 Å². The molecular formula is C34H42N4O8. The Morgan fingerprint density at radius 2 is 1.67 bits per heavy atom. The molecule has 3 heterocycles. The third-order valence-electron chi connectivity index (χ3n) is 8.99. The monoisotopic (exact) mass is 634 g/mol. The van der Waals surface area contributed by atoms with E-state index >= 15 is 0 Å². The summed E-state index contributed by atoms with van der Waals surface area (Å²) in [5.74, 6) is 1.41. The van der Waals surface area contributed by atoms with Gasteiger partial charge < -0.3 is 28.7 Å². The molecule has 2 aliphatic rings. The van der Waals surface area contributed by atoms with Crippen molar-refractivity contribution in [2.45, 2.75) is 51.2 Å². The highest BCUT2D eigenvalue weighted by Gasteiger charge is 2.32. The number of methoxy groups -OCH3 is 4. The second-order valence-electron chi connectivity index (χ2n) is 11.7. The number of ether oxygens (including phenoxy) is 4. The number of fused-ring (bicyclic) bond motifs is 1. The fourth-order valence-corrected chi connectivity index (χ4v) is 6.55. The zero-order valence-electron chi connectivity index (χ0n) is 27.1. The van der Waals surface area contributed by atoms with Crippen LogP contribution in [0.1, 0.15) is 36.9 Å². The molecule has 12 nitrogen and oxygen atoms in total. The lowest BCUT2D eigenvalue weighted by atomic mass is 10.0. The van der Waals surface area contributed by atoms with Crippen LogP contribution in [0.15, 0.2) is 52.2 Å². The van der Waals surface area contributed by atoms with E-state index in [0.717, 1.165) is 27.9 Å². The summed E-state index contributed by atoms with van der Waals surface area (Å²) >= 11 is 0. The Kier molecular flexibility index (Phi) is 10.2. The van der Waals surface area contributed by atoms with E-state index in [1.165, 1.54) is 32.1 Å². The van der Waals surface area contributed by atoms with Crippen LogP contribution in [0.5, 0.6) is 17.2 Å². The molecule has 1 atom stereocenters. The van der Waals surface area contributed by atoms with E-state index in [-0.39, 0.29) is 36.6 Å². The highest BCUT2D eigenvalue weighted by atomic mass is 16.5. The third kappa shape index (κ3) is 6.53. The minimum Gasteiger partial charge on any atom is -0.497 e. The van der Waals surface area contributed by atoms with E-state index in [1.807, 2.05) is 23.1 Å². The van der Waals surface area contributed by atoms with Crippen molar-refractivity contribution in [3.8, 4) is 28.4 Å². The minimum absolute atomic E-state index is 0.0272. The Hall–Kier alpha value is -4.58. The number of carbonyl (C=O) groups is 2. The van der Waals surface area contributed by atoms with Gasteiger partial charge in [0.1, 0.15) is 12.3 Å². The Labute approximate surface area is 268 Å². The summed E-state index contributed by atoms with van der Waals surface area (Å²) in [7, 11) is 6.11. The van der Waals surface area contributed by atoms with Crippen molar-refractivity contribution in [1.29, 1.82) is 0 Å². The van der Waals surface area contributed by atoms with Crippen LogP contribution in [0.4, 0.5) is 0 Å². The smallest absolute Gasteiger partial charge is 0.331 e. The lowest BCUT2D eigenvalue weighted by Gasteiger charge is -2.38. The van der Waals surface area contributed by atoms with Crippen molar-refractivity contribution in [2.75, 3.05) is 54.7 Å². The Bertz CT molecular complexity index is 1710. The summed E-state index contributed by atoms with van der Waals surface area (Å²) in [5, 5.41) is 0. The molecule has 46 heavy (non-hydrogen) atoms. The summed E-state index contributed by atoms with van der Waals surface area (Å²) < 4.78 is 24.0. The van der Waals surface area contributed by atoms with Crippen LogP contribution in [-0.4, -0.2) is 91.5 Å². The number of amides is 2. The van der Waals surface area contributed by atoms with E-state index in [1.54, 1.807) is 37.1 Å². The zero-order chi connectivity index (χ0) is 33.0. The highest BCUT2D eigenvalue weighted by molar-refractivity contribution is 5.80. The molecule has 3 aromatic rings. The maximum Gasteiger partial charge on any atom is 0.331 e. The quantitative estimate of drug-likeness (QED) is 0.334. The molecule has 2 amide bonds. The summed E-state index contributed by atoms with van der Waals surface area (Å²) in [6.45, 7) is 3.13. The predicted molar refractivity (Wildman–Crippen MR) is 172 cm³/mol. The number of para-hydroxylation sites is 1. The fourth-order valence-electron chi connectivity index (χ4n) is 6.55. The van der Waals surface area contributed by atoms with Gasteiger partial charge in [-0.15, -0.1) is 0 Å². The minimum atomic E-state index is -0.602. The summed E-state index contributed by atoms with van der Waals surface area (Å²) in [6, 6.07) is 10.5. The van der Waals surface area contributed by atoms with E-state index < -0.39 is 17.3 Å². The molecule has 0 bridgehead atoms. The summed E-state index contributed by atoms with van der Waals surface area (Å²) in [4.78, 5) is 57.9. The van der Waals surface area contributed by atoms with Gasteiger partial charge in [-0.25, -0.2) is 4.79 Å². The molecular weight excluding hydrogens is 592 g/mol. The number of nitrogens with zero attached hydrogens (tertiary/aromatic N) is 4. The molecule has 0 spiro atoms. The molecule has 246 valence electrons. The van der Waals surface area contributed by atoms with Crippen LogP contribution in [0, 0.1) is 0 Å². The molecule has 0 saturated carbocycles. The molecule has 5 rings (SSSR count). The van der Waals surface area contributed by atoms with Crippen molar-refractivity contribution >= 4 is 11.8 Å². The standard InChI is InChI=1S/C34H42N4O8/c1-22(21-43-2)38-33(41)28(27-7-6-8-29(45-4)32(27)46-5)19-36(34(38)42)20-31(40)35-14-12-25(13-15-35)37-16-11-24-17-26(44-3)10-9-23(24)18-30(37)39/h6-10,17,19,22,25H,11-16,18,20-21H2,1-5H3/t22-/m1/s1. The number of benzene rings is 2. The lowest BCUT2D eigenvalue weighted by Crippen LogP contribution is -2.50. The lowest BCUT2D eigenvalue weighted by molar-refractivity contribution is -0.136. The first-order valence-electron chi connectivity index (χ1n) is 15.5. The van der Waals surface area contributed by atoms with Gasteiger partial charge >= 0.3 is 5.69 Å². The first-order chi connectivity index (χ1) is 22.2. The maximum atomic E-state index is 13.7. The van der Waals surface area contributed by atoms with Crippen LogP contribution in [-0.2, 0) is 33.7 Å². The van der Waals surface area contributed by atoms with Crippen molar-refractivity contribution in [3.63, 3.8) is 0 Å². The van der Waals surface area contributed by atoms with Crippen molar-refractivity contribution in [2.24, 2.45) is 0 Å². The molecule has 0 radical (unpaired) electrons. The van der Waals surface area contributed by atoms with E-state index in [0.29, 0.717) is 56.0 Å². The van der Waals surface area contributed by atoms with Gasteiger partial charge in [0.25, 0.3) is 5.56 Å². The molecule has 0 N–H and O–H groups in total. The number of hydrogen-bond acceptors (Lipinski definition) is 8. The highest BCUT2D eigenvalue weighted by Crippen LogP contribution is 2.36. The van der Waals surface area contributed by atoms with Gasteiger partial charge in [-0.1, -0.05) is 18.2 Å². The number of piperidine rings is 1. The van der Waals surface area contributed by atoms with Crippen molar-refractivity contribution < 1.29 is 28.5 Å². The van der Waals surface area contributed by atoms with Crippen LogP contribution in [0.3, 0.4) is 0 Å². The number of likely N-dealkylation sites (tertiary alicyclic amines) is 1. The molecule has 1 saturated heterocycles. The third-order valence-corrected chi connectivity index (χ3v) is 8.99. The van der Waals surface area contributed by atoms with E-state index in [4.69, 9.17) is 18.9 Å². The van der Waals surface area contributed by atoms with Gasteiger partial charge in [0, 0.05) is 44.5 Å². The van der Waals surface area contributed by atoms with Gasteiger partial charge in [0.2, 0.25) is 11.8 Å². The molecule has 12 heteroatoms. The average Bonchev–Trinajstić information content (AvgIpc) is 3.23. The van der Waals surface area contributed by atoms with Crippen LogP contribution < -0.4 is 25.5 Å². The van der Waals surface area contributed by atoms with Gasteiger partial charge in [-0.05, 0) is 55.5 Å². The Balaban J connectivity index is 1.35. The van der Waals surface area contributed by atoms with Gasteiger partial charge in [0.15, 0.2) is 11.5 Å². The summed E-state index contributed by atoms with van der Waals surface area (Å²) in [5.41, 5.74) is 1.67. The normalized spacial score (nSPS) is 16.1. The molecule has 2 aromatic carbocycles. The molecule has 2 aliphatic heterocycles. The second kappa shape index (κ2) is 14.2. The Morgan fingerprint density at radius 1 is 0.913 bits per heavy atom. The van der Waals surface area contributed by atoms with E-state index in [2.05, 4.69) is 0 Å². The van der Waals surface area contributed by atoms with Crippen molar-refractivity contribution in [3.05, 3.63) is 74.6 Å². The molecule has 1 aromatic heterocycles. The molecule has 0 aliphatic carbocycles.